The van der Waals surface area contributed by atoms with Crippen LogP contribution in [0, 0.1) is 0 Å². The molecule has 1 heterocycles. The molecule has 0 radical (unpaired) electrons. The highest BCUT2D eigenvalue weighted by atomic mass is 16.5. The summed E-state index contributed by atoms with van der Waals surface area (Å²) in [7, 11) is 4.59. The molecule has 2 atom stereocenters. The molecule has 0 unspecified atom stereocenters. The van der Waals surface area contributed by atoms with Gasteiger partial charge in [-0.1, -0.05) is 71.9 Å². The van der Waals surface area contributed by atoms with Crippen LogP contribution in [0.2, 0.25) is 0 Å². The summed E-state index contributed by atoms with van der Waals surface area (Å²) in [5.41, 5.74) is 16.8. The summed E-state index contributed by atoms with van der Waals surface area (Å²) in [6.45, 7) is 0.598. The van der Waals surface area contributed by atoms with Crippen LogP contribution in [-0.4, -0.2) is 57.0 Å². The number of carbonyl (C=O) groups excluding carboxylic acids is 1. The van der Waals surface area contributed by atoms with Gasteiger partial charge in [-0.25, -0.2) is 10.4 Å². The number of aliphatic hydroxyl groups is 1. The molecule has 0 saturated carbocycles. The SMILES string of the molecule is COc1cc(CNNC(=O)[C@@]2(C/C=C/c3ccccc3)N=C(c3ccc(OCCCO)cc3)O[C@H]2c2ccccc2N=[N+]=[N-])cc(OC)c1OC. The Morgan fingerprint density at radius 2 is 1.71 bits per heavy atom. The molecule has 1 amide bonds. The third-order valence-electron chi connectivity index (χ3n) is 8.16. The van der Waals surface area contributed by atoms with Gasteiger partial charge in [0.2, 0.25) is 11.6 Å². The molecular formula is C38H40N6O7. The van der Waals surface area contributed by atoms with Crippen LogP contribution in [0.25, 0.3) is 16.5 Å². The third-order valence-corrected chi connectivity index (χ3v) is 8.16. The Balaban J connectivity index is 1.53. The molecule has 0 spiro atoms. The molecular weight excluding hydrogens is 652 g/mol. The van der Waals surface area contributed by atoms with Gasteiger partial charge in [0.05, 0.1) is 27.9 Å². The van der Waals surface area contributed by atoms with Crippen LogP contribution in [0.15, 0.2) is 107 Å². The zero-order chi connectivity index (χ0) is 36.1. The van der Waals surface area contributed by atoms with Crippen LogP contribution >= 0.6 is 0 Å². The number of aliphatic hydroxyl groups excluding tert-OH is 1. The van der Waals surface area contributed by atoms with Crippen LogP contribution in [0.1, 0.15) is 41.2 Å². The highest BCUT2D eigenvalue weighted by Gasteiger charge is 2.53. The number of nitrogens with zero attached hydrogens (tertiary/aromatic N) is 4. The Kier molecular flexibility index (Phi) is 12.5. The highest BCUT2D eigenvalue weighted by Crippen LogP contribution is 2.46. The van der Waals surface area contributed by atoms with Crippen LogP contribution < -0.4 is 29.8 Å². The van der Waals surface area contributed by atoms with E-state index in [2.05, 4.69) is 20.9 Å². The Morgan fingerprint density at radius 3 is 2.37 bits per heavy atom. The first-order valence-corrected chi connectivity index (χ1v) is 16.2. The number of hydrogen-bond acceptors (Lipinski definition) is 10. The van der Waals surface area contributed by atoms with Crippen molar-refractivity contribution in [3.05, 3.63) is 130 Å². The normalized spacial score (nSPS) is 16.5. The van der Waals surface area contributed by atoms with E-state index in [0.717, 1.165) is 11.1 Å². The zero-order valence-corrected chi connectivity index (χ0v) is 28.6. The van der Waals surface area contributed by atoms with Crippen molar-refractivity contribution in [3.8, 4) is 23.0 Å². The molecule has 1 aliphatic heterocycles. The Hall–Kier alpha value is -6.01. The summed E-state index contributed by atoms with van der Waals surface area (Å²) in [6.07, 6.45) is 3.44. The number of azide groups is 1. The monoisotopic (exact) mass is 692 g/mol. The molecule has 5 rings (SSSR count). The number of hydrazine groups is 1. The number of rotatable bonds is 17. The molecule has 51 heavy (non-hydrogen) atoms. The van der Waals surface area contributed by atoms with Gasteiger partial charge < -0.3 is 28.8 Å². The predicted octanol–water partition coefficient (Wildman–Crippen LogP) is 6.60. The molecule has 4 aromatic carbocycles. The van der Waals surface area contributed by atoms with Gasteiger partial charge >= 0.3 is 0 Å². The molecule has 0 aromatic heterocycles. The molecule has 264 valence electrons. The topological polar surface area (TPSA) is 169 Å². The standard InChI is InChI=1S/C38H40N6O7/c1-47-32-23-27(24-33(48-2)34(32)49-3)25-40-43-37(46)38(20-9-13-26-11-5-4-6-12-26)35(30-14-7-8-15-31(30)42-44-39)51-36(41-38)28-16-18-29(19-17-28)50-22-10-21-45/h4-9,11-19,23-24,35,40,45H,10,20-22,25H2,1-3H3,(H,43,46)/b13-9+/t35-,38-/m0/s1. The number of aliphatic imine (C=N–C) groups is 1. The van der Waals surface area contributed by atoms with Gasteiger partial charge in [-0.3, -0.25) is 10.2 Å². The smallest absolute Gasteiger partial charge is 0.266 e. The van der Waals surface area contributed by atoms with Crippen molar-refractivity contribution in [1.82, 2.24) is 10.9 Å². The average molecular weight is 693 g/mol. The van der Waals surface area contributed by atoms with Crippen molar-refractivity contribution in [2.45, 2.75) is 31.0 Å². The Morgan fingerprint density at radius 1 is 1.00 bits per heavy atom. The minimum atomic E-state index is -1.56. The minimum absolute atomic E-state index is 0.0294. The lowest BCUT2D eigenvalue weighted by molar-refractivity contribution is -0.129. The summed E-state index contributed by atoms with van der Waals surface area (Å²) >= 11 is 0. The Bertz CT molecular complexity index is 1870. The maximum Gasteiger partial charge on any atom is 0.266 e. The number of amides is 1. The zero-order valence-electron chi connectivity index (χ0n) is 28.6. The number of carbonyl (C=O) groups is 1. The molecule has 0 fully saturated rings. The van der Waals surface area contributed by atoms with E-state index in [4.69, 9.17) is 33.8 Å². The molecule has 3 N–H and O–H groups in total. The quantitative estimate of drug-likeness (QED) is 0.0366. The predicted molar refractivity (Wildman–Crippen MR) is 193 cm³/mol. The lowest BCUT2D eigenvalue weighted by atomic mass is 9.83. The number of hydrogen-bond donors (Lipinski definition) is 3. The van der Waals surface area contributed by atoms with Crippen molar-refractivity contribution in [3.63, 3.8) is 0 Å². The first kappa shape index (κ1) is 36.3. The number of benzene rings is 4. The maximum atomic E-state index is 14.6. The number of ether oxygens (including phenoxy) is 5. The van der Waals surface area contributed by atoms with Crippen LogP contribution in [-0.2, 0) is 16.1 Å². The van der Waals surface area contributed by atoms with E-state index in [0.29, 0.717) is 52.8 Å². The fraction of sp³-hybridized carbons (Fsp3) is 0.263. The van der Waals surface area contributed by atoms with Crippen molar-refractivity contribution in [2.75, 3.05) is 34.5 Å². The average Bonchev–Trinajstić information content (AvgIpc) is 3.56. The molecule has 0 aliphatic carbocycles. The Labute approximate surface area is 296 Å². The summed E-state index contributed by atoms with van der Waals surface area (Å²) < 4.78 is 28.7. The number of methoxy groups -OCH3 is 3. The second-order valence-corrected chi connectivity index (χ2v) is 11.4. The van der Waals surface area contributed by atoms with Crippen molar-refractivity contribution in [2.24, 2.45) is 10.1 Å². The van der Waals surface area contributed by atoms with Crippen LogP contribution in [0.5, 0.6) is 23.0 Å². The van der Waals surface area contributed by atoms with E-state index in [1.165, 1.54) is 21.3 Å². The summed E-state index contributed by atoms with van der Waals surface area (Å²) in [4.78, 5) is 22.6. The van der Waals surface area contributed by atoms with E-state index in [9.17, 15) is 10.3 Å². The summed E-state index contributed by atoms with van der Waals surface area (Å²) in [5, 5.41) is 13.0. The summed E-state index contributed by atoms with van der Waals surface area (Å²) in [5.74, 6) is 1.76. The number of nitrogens with one attached hydrogen (secondary N) is 2. The van der Waals surface area contributed by atoms with E-state index in [-0.39, 0.29) is 25.5 Å². The van der Waals surface area contributed by atoms with Gasteiger partial charge in [0.1, 0.15) is 5.75 Å². The second-order valence-electron chi connectivity index (χ2n) is 11.4. The summed E-state index contributed by atoms with van der Waals surface area (Å²) in [6, 6.07) is 27.4. The molecule has 4 aromatic rings. The van der Waals surface area contributed by atoms with E-state index in [1.807, 2.05) is 42.5 Å². The van der Waals surface area contributed by atoms with Crippen LogP contribution in [0.3, 0.4) is 0 Å². The molecule has 0 saturated heterocycles. The van der Waals surface area contributed by atoms with E-state index >= 15 is 0 Å². The second kappa shape index (κ2) is 17.6. The molecule has 0 bridgehead atoms. The van der Waals surface area contributed by atoms with Gasteiger partial charge in [0.15, 0.2) is 23.1 Å². The van der Waals surface area contributed by atoms with Gasteiger partial charge in [-0.05, 0) is 53.1 Å². The highest BCUT2D eigenvalue weighted by molar-refractivity contribution is 6.01. The van der Waals surface area contributed by atoms with Crippen molar-refractivity contribution >= 4 is 23.6 Å². The molecule has 13 heteroatoms. The minimum Gasteiger partial charge on any atom is -0.494 e. The first-order chi connectivity index (χ1) is 25.0. The van der Waals surface area contributed by atoms with Gasteiger partial charge in [0, 0.05) is 47.7 Å². The molecule has 1 aliphatic rings. The van der Waals surface area contributed by atoms with Crippen molar-refractivity contribution < 1.29 is 33.6 Å². The van der Waals surface area contributed by atoms with Crippen molar-refractivity contribution in [1.29, 1.82) is 0 Å². The maximum absolute atomic E-state index is 14.6. The largest absolute Gasteiger partial charge is 0.494 e. The fourth-order valence-electron chi connectivity index (χ4n) is 5.65. The van der Waals surface area contributed by atoms with E-state index < -0.39 is 17.6 Å². The first-order valence-electron chi connectivity index (χ1n) is 16.2. The fourth-order valence-corrected chi connectivity index (χ4v) is 5.65. The van der Waals surface area contributed by atoms with Gasteiger partial charge in [0.25, 0.3) is 5.91 Å². The van der Waals surface area contributed by atoms with E-state index in [1.54, 1.807) is 60.7 Å². The van der Waals surface area contributed by atoms with Crippen LogP contribution in [0.4, 0.5) is 5.69 Å². The van der Waals surface area contributed by atoms with Gasteiger partial charge in [-0.15, -0.1) is 0 Å². The molecule has 13 nitrogen and oxygen atoms in total. The third kappa shape index (κ3) is 8.60. The van der Waals surface area contributed by atoms with Gasteiger partial charge in [-0.2, -0.15) is 0 Å². The lowest BCUT2D eigenvalue weighted by Gasteiger charge is -2.30. The lowest BCUT2D eigenvalue weighted by Crippen LogP contribution is -2.52.